The van der Waals surface area contributed by atoms with E-state index in [-0.39, 0.29) is 12.5 Å². The van der Waals surface area contributed by atoms with Crippen molar-refractivity contribution >= 4 is 23.2 Å². The van der Waals surface area contributed by atoms with Gasteiger partial charge in [-0.3, -0.25) is 9.79 Å². The van der Waals surface area contributed by atoms with Crippen LogP contribution < -0.4 is 20.7 Å². The van der Waals surface area contributed by atoms with Crippen LogP contribution >= 0.6 is 11.3 Å². The Balaban J connectivity index is 1.34. The van der Waals surface area contributed by atoms with Gasteiger partial charge in [-0.15, -0.1) is 11.3 Å². The monoisotopic (exact) mass is 401 g/mol. The zero-order valence-electron chi connectivity index (χ0n) is 16.3. The van der Waals surface area contributed by atoms with E-state index < -0.39 is 0 Å². The predicted octanol–water partition coefficient (Wildman–Crippen LogP) is 2.02. The summed E-state index contributed by atoms with van der Waals surface area (Å²) in [5, 5.41) is 10.5. The molecule has 3 N–H and O–H groups in total. The Morgan fingerprint density at radius 2 is 2.07 bits per heavy atom. The van der Waals surface area contributed by atoms with Crippen LogP contribution in [0.2, 0.25) is 0 Å². The largest absolute Gasteiger partial charge is 0.484 e. The molecule has 0 atom stereocenters. The molecule has 0 unspecified atom stereocenters. The van der Waals surface area contributed by atoms with E-state index in [1.807, 2.05) is 37.4 Å². The fourth-order valence-electron chi connectivity index (χ4n) is 2.59. The SMILES string of the molecule is CN=C(NCCc1ccc(OCC(=O)NC2CC2)cc1)NCc1ncc(C)s1. The first-order valence-corrected chi connectivity index (χ1v) is 10.3. The van der Waals surface area contributed by atoms with Crippen molar-refractivity contribution in [3.8, 4) is 5.75 Å². The van der Waals surface area contributed by atoms with Crippen molar-refractivity contribution in [1.29, 1.82) is 0 Å². The summed E-state index contributed by atoms with van der Waals surface area (Å²) in [6.07, 6.45) is 4.91. The summed E-state index contributed by atoms with van der Waals surface area (Å²) in [5.41, 5.74) is 1.19. The van der Waals surface area contributed by atoms with E-state index >= 15 is 0 Å². The number of aryl methyl sites for hydroxylation is 1. The second-order valence-electron chi connectivity index (χ2n) is 6.74. The Bertz CT molecular complexity index is 799. The molecule has 1 aliphatic carbocycles. The number of amides is 1. The highest BCUT2D eigenvalue weighted by atomic mass is 32.1. The average Bonchev–Trinajstić information content (AvgIpc) is 3.42. The van der Waals surface area contributed by atoms with Gasteiger partial charge < -0.3 is 20.7 Å². The van der Waals surface area contributed by atoms with E-state index in [0.29, 0.717) is 18.3 Å². The molecule has 1 aromatic heterocycles. The molecule has 0 radical (unpaired) electrons. The van der Waals surface area contributed by atoms with Crippen LogP contribution in [0.25, 0.3) is 0 Å². The third-order valence-electron chi connectivity index (χ3n) is 4.24. The Labute approximate surface area is 169 Å². The Kier molecular flexibility index (Phi) is 7.25. The first-order valence-electron chi connectivity index (χ1n) is 9.49. The lowest BCUT2D eigenvalue weighted by Crippen LogP contribution is -2.37. The minimum Gasteiger partial charge on any atom is -0.484 e. The molecule has 0 spiro atoms. The number of nitrogens with one attached hydrogen (secondary N) is 3. The molecular weight excluding hydrogens is 374 g/mol. The fourth-order valence-corrected chi connectivity index (χ4v) is 3.31. The van der Waals surface area contributed by atoms with Crippen LogP contribution in [0.5, 0.6) is 5.75 Å². The van der Waals surface area contributed by atoms with Gasteiger partial charge in [-0.25, -0.2) is 4.98 Å². The van der Waals surface area contributed by atoms with Crippen molar-refractivity contribution in [3.05, 3.63) is 45.9 Å². The molecule has 0 bridgehead atoms. The Morgan fingerprint density at radius 3 is 2.71 bits per heavy atom. The highest BCUT2D eigenvalue weighted by Crippen LogP contribution is 2.18. The summed E-state index contributed by atoms with van der Waals surface area (Å²) in [6, 6.07) is 8.20. The zero-order chi connectivity index (χ0) is 19.8. The first kappa shape index (κ1) is 20.1. The molecule has 0 saturated heterocycles. The molecule has 7 nitrogen and oxygen atoms in total. The quantitative estimate of drug-likeness (QED) is 0.442. The van der Waals surface area contributed by atoms with Crippen LogP contribution in [0, 0.1) is 6.92 Å². The maximum atomic E-state index is 11.6. The van der Waals surface area contributed by atoms with Gasteiger partial charge in [0.05, 0.1) is 6.54 Å². The number of rotatable bonds is 9. The van der Waals surface area contributed by atoms with Gasteiger partial charge in [-0.1, -0.05) is 12.1 Å². The lowest BCUT2D eigenvalue weighted by molar-refractivity contribution is -0.123. The number of nitrogens with zero attached hydrogens (tertiary/aromatic N) is 2. The minimum absolute atomic E-state index is 0.0532. The van der Waals surface area contributed by atoms with Crippen LogP contribution in [0.1, 0.15) is 28.3 Å². The predicted molar refractivity (Wildman–Crippen MR) is 112 cm³/mol. The number of carbonyl (C=O) groups is 1. The molecule has 1 aliphatic rings. The third-order valence-corrected chi connectivity index (χ3v) is 5.15. The number of guanidine groups is 1. The molecule has 1 fully saturated rings. The molecule has 150 valence electrons. The molecule has 1 aromatic carbocycles. The molecule has 1 saturated carbocycles. The van der Waals surface area contributed by atoms with Crippen LogP contribution in [0.4, 0.5) is 0 Å². The number of hydrogen-bond donors (Lipinski definition) is 3. The summed E-state index contributed by atoms with van der Waals surface area (Å²) >= 11 is 1.68. The van der Waals surface area contributed by atoms with E-state index in [4.69, 9.17) is 4.74 Å². The third kappa shape index (κ3) is 6.84. The van der Waals surface area contributed by atoms with Crippen molar-refractivity contribution < 1.29 is 9.53 Å². The summed E-state index contributed by atoms with van der Waals surface area (Å²) in [5.74, 6) is 1.41. The second-order valence-corrected chi connectivity index (χ2v) is 8.06. The molecule has 1 heterocycles. The number of benzene rings is 1. The van der Waals surface area contributed by atoms with Crippen molar-refractivity contribution in [1.82, 2.24) is 20.9 Å². The van der Waals surface area contributed by atoms with Crippen molar-refractivity contribution in [2.75, 3.05) is 20.2 Å². The van der Waals surface area contributed by atoms with Gasteiger partial charge in [0.2, 0.25) is 0 Å². The van der Waals surface area contributed by atoms with Gasteiger partial charge in [0, 0.05) is 30.7 Å². The van der Waals surface area contributed by atoms with Gasteiger partial charge in [-0.2, -0.15) is 0 Å². The van der Waals surface area contributed by atoms with Crippen molar-refractivity contribution in [3.63, 3.8) is 0 Å². The smallest absolute Gasteiger partial charge is 0.258 e. The zero-order valence-corrected chi connectivity index (χ0v) is 17.1. The molecule has 3 rings (SSSR count). The number of aromatic nitrogens is 1. The Morgan fingerprint density at radius 1 is 1.29 bits per heavy atom. The number of carbonyl (C=O) groups excluding carboxylic acids is 1. The molecule has 0 aliphatic heterocycles. The molecular formula is C20H27N5O2S. The molecule has 28 heavy (non-hydrogen) atoms. The summed E-state index contributed by atoms with van der Waals surface area (Å²) in [4.78, 5) is 21.4. The van der Waals surface area contributed by atoms with Gasteiger partial charge in [-0.05, 0) is 43.9 Å². The van der Waals surface area contributed by atoms with Crippen LogP contribution in [0.15, 0.2) is 35.5 Å². The van der Waals surface area contributed by atoms with E-state index in [0.717, 1.165) is 36.8 Å². The molecule has 2 aromatic rings. The summed E-state index contributed by atoms with van der Waals surface area (Å²) < 4.78 is 5.53. The number of aliphatic imine (C=N–C) groups is 1. The lowest BCUT2D eigenvalue weighted by atomic mass is 10.1. The van der Waals surface area contributed by atoms with Gasteiger partial charge in [0.1, 0.15) is 10.8 Å². The number of thiazole rings is 1. The maximum Gasteiger partial charge on any atom is 0.258 e. The lowest BCUT2D eigenvalue weighted by Gasteiger charge is -2.11. The van der Waals surface area contributed by atoms with Crippen LogP contribution in [0.3, 0.4) is 0 Å². The minimum atomic E-state index is -0.0532. The standard InChI is InChI=1S/C20H27N5O2S/c1-14-11-23-19(28-14)12-24-20(21-2)22-10-9-15-3-7-17(8-4-15)27-13-18(26)25-16-5-6-16/h3-4,7-8,11,16H,5-6,9-10,12-13H2,1-2H3,(H,25,26)(H2,21,22,24). The van der Waals surface area contributed by atoms with Crippen molar-refractivity contribution in [2.45, 2.75) is 38.8 Å². The van der Waals surface area contributed by atoms with Gasteiger partial charge >= 0.3 is 0 Å². The van der Waals surface area contributed by atoms with Crippen molar-refractivity contribution in [2.24, 2.45) is 4.99 Å². The first-order chi connectivity index (χ1) is 13.6. The average molecular weight is 402 g/mol. The van der Waals surface area contributed by atoms with Crippen LogP contribution in [-0.2, 0) is 17.8 Å². The summed E-state index contributed by atoms with van der Waals surface area (Å²) in [6.45, 7) is 3.55. The maximum absolute atomic E-state index is 11.6. The molecule has 8 heteroatoms. The van der Waals surface area contributed by atoms with Gasteiger partial charge in [0.25, 0.3) is 5.91 Å². The summed E-state index contributed by atoms with van der Waals surface area (Å²) in [7, 11) is 1.76. The van der Waals surface area contributed by atoms with E-state index in [2.05, 4.69) is 25.9 Å². The van der Waals surface area contributed by atoms with E-state index in [9.17, 15) is 4.79 Å². The van der Waals surface area contributed by atoms with E-state index in [1.165, 1.54) is 10.4 Å². The second kappa shape index (κ2) is 10.1. The number of ether oxygens (including phenoxy) is 1. The van der Waals surface area contributed by atoms with Gasteiger partial charge in [0.15, 0.2) is 12.6 Å². The normalized spacial score (nSPS) is 13.9. The molecule has 1 amide bonds. The number of hydrogen-bond acceptors (Lipinski definition) is 5. The highest BCUT2D eigenvalue weighted by molar-refractivity contribution is 7.11. The highest BCUT2D eigenvalue weighted by Gasteiger charge is 2.23. The van der Waals surface area contributed by atoms with E-state index in [1.54, 1.807) is 18.4 Å². The van der Waals surface area contributed by atoms with Crippen LogP contribution in [-0.4, -0.2) is 43.1 Å². The Hall–Kier alpha value is -2.61. The topological polar surface area (TPSA) is 87.6 Å². The fraction of sp³-hybridized carbons (Fsp3) is 0.450.